The largest absolute Gasteiger partial charge is 0.370 e. The van der Waals surface area contributed by atoms with Crippen molar-refractivity contribution in [2.24, 2.45) is 9.98 Å². The molecule has 2 aromatic carbocycles. The molecule has 0 N–H and O–H groups in total. The molecule has 108 valence electrons. The lowest BCUT2D eigenvalue weighted by Crippen LogP contribution is -1.98. The standard InChI is InChI=1S/C18H20N2O/c1-15-3-7-17(8-4-15)19-11-13-21-14-12-20-18-9-5-16(2)6-10-18/h3-12H,13-14H2,1-2H3. The van der Waals surface area contributed by atoms with E-state index in [4.69, 9.17) is 4.74 Å². The van der Waals surface area contributed by atoms with Gasteiger partial charge in [-0.15, -0.1) is 0 Å². The van der Waals surface area contributed by atoms with E-state index >= 15 is 0 Å². The SMILES string of the molecule is Cc1ccc(N=CCOCC=Nc2ccc(C)cc2)cc1. The van der Waals surface area contributed by atoms with Crippen LogP contribution >= 0.6 is 0 Å². The van der Waals surface area contributed by atoms with Gasteiger partial charge in [0.15, 0.2) is 0 Å². The van der Waals surface area contributed by atoms with Crippen molar-refractivity contribution in [1.82, 2.24) is 0 Å². The molecule has 0 fully saturated rings. The summed E-state index contributed by atoms with van der Waals surface area (Å²) in [6, 6.07) is 16.1. The molecule has 2 rings (SSSR count). The molecule has 0 aliphatic rings. The zero-order valence-corrected chi connectivity index (χ0v) is 12.5. The predicted octanol–water partition coefficient (Wildman–Crippen LogP) is 4.42. The summed E-state index contributed by atoms with van der Waals surface area (Å²) in [4.78, 5) is 8.64. The maximum absolute atomic E-state index is 5.43. The lowest BCUT2D eigenvalue weighted by molar-refractivity contribution is 0.220. The molecule has 2 aromatic rings. The Morgan fingerprint density at radius 3 is 1.48 bits per heavy atom. The van der Waals surface area contributed by atoms with E-state index in [0.717, 1.165) is 11.4 Å². The van der Waals surface area contributed by atoms with Crippen molar-refractivity contribution in [1.29, 1.82) is 0 Å². The molecule has 0 saturated heterocycles. The minimum Gasteiger partial charge on any atom is -0.370 e. The first-order valence-corrected chi connectivity index (χ1v) is 7.00. The van der Waals surface area contributed by atoms with Crippen LogP contribution in [0.15, 0.2) is 58.5 Å². The van der Waals surface area contributed by atoms with Crippen LogP contribution in [0.4, 0.5) is 11.4 Å². The average molecular weight is 280 g/mol. The van der Waals surface area contributed by atoms with Crippen molar-refractivity contribution >= 4 is 23.8 Å². The van der Waals surface area contributed by atoms with E-state index in [1.54, 1.807) is 12.4 Å². The second kappa shape index (κ2) is 8.12. The van der Waals surface area contributed by atoms with E-state index in [2.05, 4.69) is 23.8 Å². The Morgan fingerprint density at radius 1 is 0.714 bits per heavy atom. The molecule has 0 bridgehead atoms. The molecule has 0 radical (unpaired) electrons. The molecular formula is C18H20N2O. The number of benzene rings is 2. The van der Waals surface area contributed by atoms with Crippen LogP contribution in [0.1, 0.15) is 11.1 Å². The normalized spacial score (nSPS) is 11.5. The molecule has 0 heterocycles. The molecule has 3 heteroatoms. The van der Waals surface area contributed by atoms with Crippen LogP contribution in [0.5, 0.6) is 0 Å². The van der Waals surface area contributed by atoms with Crippen molar-refractivity contribution in [3.8, 4) is 0 Å². The van der Waals surface area contributed by atoms with Crippen LogP contribution in [0.25, 0.3) is 0 Å². The summed E-state index contributed by atoms with van der Waals surface area (Å²) in [6.07, 6.45) is 3.54. The maximum atomic E-state index is 5.43. The minimum atomic E-state index is 0.480. The van der Waals surface area contributed by atoms with Crippen LogP contribution in [-0.4, -0.2) is 25.6 Å². The van der Waals surface area contributed by atoms with E-state index in [0.29, 0.717) is 13.2 Å². The number of hydrogen-bond donors (Lipinski definition) is 0. The molecule has 0 aliphatic carbocycles. The Balaban J connectivity index is 1.67. The number of rotatable bonds is 6. The van der Waals surface area contributed by atoms with Gasteiger partial charge in [0.1, 0.15) is 0 Å². The maximum Gasteiger partial charge on any atom is 0.0824 e. The monoisotopic (exact) mass is 280 g/mol. The van der Waals surface area contributed by atoms with Gasteiger partial charge >= 0.3 is 0 Å². The highest BCUT2D eigenvalue weighted by Crippen LogP contribution is 2.12. The van der Waals surface area contributed by atoms with Crippen LogP contribution < -0.4 is 0 Å². The first-order chi connectivity index (χ1) is 10.2. The number of nitrogens with zero attached hydrogens (tertiary/aromatic N) is 2. The number of hydrogen-bond acceptors (Lipinski definition) is 3. The van der Waals surface area contributed by atoms with Gasteiger partial charge in [-0.05, 0) is 38.1 Å². The molecule has 3 nitrogen and oxygen atoms in total. The highest BCUT2D eigenvalue weighted by molar-refractivity contribution is 5.66. The Hall–Kier alpha value is -2.26. The fourth-order valence-electron chi connectivity index (χ4n) is 1.72. The summed E-state index contributed by atoms with van der Waals surface area (Å²) in [5.41, 5.74) is 4.35. The first-order valence-electron chi connectivity index (χ1n) is 7.00. The van der Waals surface area contributed by atoms with Gasteiger partial charge in [-0.3, -0.25) is 9.98 Å². The molecule has 0 spiro atoms. The van der Waals surface area contributed by atoms with E-state index in [1.807, 2.05) is 48.5 Å². The molecule has 0 atom stereocenters. The second-order valence-electron chi connectivity index (χ2n) is 4.83. The van der Waals surface area contributed by atoms with E-state index in [9.17, 15) is 0 Å². The zero-order chi connectivity index (χ0) is 14.9. The highest BCUT2D eigenvalue weighted by atomic mass is 16.5. The number of ether oxygens (including phenoxy) is 1. The lowest BCUT2D eigenvalue weighted by atomic mass is 10.2. The molecule has 0 saturated carbocycles. The molecule has 21 heavy (non-hydrogen) atoms. The van der Waals surface area contributed by atoms with Gasteiger partial charge in [0, 0.05) is 12.4 Å². The van der Waals surface area contributed by atoms with Crippen molar-refractivity contribution < 1.29 is 4.74 Å². The van der Waals surface area contributed by atoms with Gasteiger partial charge in [-0.25, -0.2) is 0 Å². The van der Waals surface area contributed by atoms with Gasteiger partial charge in [0.2, 0.25) is 0 Å². The third kappa shape index (κ3) is 5.71. The molecule has 0 aliphatic heterocycles. The zero-order valence-electron chi connectivity index (χ0n) is 12.5. The van der Waals surface area contributed by atoms with Crippen LogP contribution in [0.3, 0.4) is 0 Å². The minimum absolute atomic E-state index is 0.480. The fraction of sp³-hybridized carbons (Fsp3) is 0.222. The van der Waals surface area contributed by atoms with E-state index in [-0.39, 0.29) is 0 Å². The second-order valence-corrected chi connectivity index (χ2v) is 4.83. The summed E-state index contributed by atoms with van der Waals surface area (Å²) in [7, 11) is 0. The van der Waals surface area contributed by atoms with Gasteiger partial charge in [-0.1, -0.05) is 35.4 Å². The van der Waals surface area contributed by atoms with Crippen molar-refractivity contribution in [3.05, 3.63) is 59.7 Å². The van der Waals surface area contributed by atoms with Gasteiger partial charge in [0.25, 0.3) is 0 Å². The number of aryl methyl sites for hydroxylation is 2. The van der Waals surface area contributed by atoms with E-state index in [1.165, 1.54) is 11.1 Å². The third-order valence-corrected chi connectivity index (χ3v) is 2.93. The summed E-state index contributed by atoms with van der Waals surface area (Å²) < 4.78 is 5.43. The number of aliphatic imine (C=N–C) groups is 2. The predicted molar refractivity (Wildman–Crippen MR) is 89.5 cm³/mol. The molecular weight excluding hydrogens is 260 g/mol. The summed E-state index contributed by atoms with van der Waals surface area (Å²) >= 11 is 0. The van der Waals surface area contributed by atoms with Crippen molar-refractivity contribution in [3.63, 3.8) is 0 Å². The first kappa shape index (κ1) is 15.1. The van der Waals surface area contributed by atoms with Gasteiger partial charge < -0.3 is 4.74 Å². The topological polar surface area (TPSA) is 34.0 Å². The van der Waals surface area contributed by atoms with Crippen LogP contribution in [0, 0.1) is 13.8 Å². The van der Waals surface area contributed by atoms with Crippen molar-refractivity contribution in [2.75, 3.05) is 13.2 Å². The third-order valence-electron chi connectivity index (χ3n) is 2.93. The Morgan fingerprint density at radius 2 is 1.10 bits per heavy atom. The van der Waals surface area contributed by atoms with Crippen molar-refractivity contribution in [2.45, 2.75) is 13.8 Å². The quantitative estimate of drug-likeness (QED) is 0.569. The summed E-state index contributed by atoms with van der Waals surface area (Å²) in [6.45, 7) is 5.08. The lowest BCUT2D eigenvalue weighted by Gasteiger charge is -1.97. The Bertz CT molecular complexity index is 543. The molecule has 0 amide bonds. The van der Waals surface area contributed by atoms with E-state index < -0.39 is 0 Å². The van der Waals surface area contributed by atoms with Crippen LogP contribution in [-0.2, 0) is 4.74 Å². The molecule has 0 aromatic heterocycles. The molecule has 0 unspecified atom stereocenters. The summed E-state index contributed by atoms with van der Waals surface area (Å²) in [5.74, 6) is 0. The fourth-order valence-corrected chi connectivity index (χ4v) is 1.72. The van der Waals surface area contributed by atoms with Gasteiger partial charge in [-0.2, -0.15) is 0 Å². The van der Waals surface area contributed by atoms with Crippen LogP contribution in [0.2, 0.25) is 0 Å². The Kier molecular flexibility index (Phi) is 5.85. The average Bonchev–Trinajstić information content (AvgIpc) is 2.50. The highest BCUT2D eigenvalue weighted by Gasteiger charge is 1.88. The summed E-state index contributed by atoms with van der Waals surface area (Å²) in [5, 5.41) is 0. The van der Waals surface area contributed by atoms with Gasteiger partial charge in [0.05, 0.1) is 24.6 Å². The smallest absolute Gasteiger partial charge is 0.0824 e. The Labute approximate surface area is 126 Å².